The summed E-state index contributed by atoms with van der Waals surface area (Å²) >= 11 is 0. The van der Waals surface area contributed by atoms with Gasteiger partial charge in [0.05, 0.1) is 0 Å². The van der Waals surface area contributed by atoms with Gasteiger partial charge in [-0.1, -0.05) is 18.2 Å². The summed E-state index contributed by atoms with van der Waals surface area (Å²) in [4.78, 5) is 0. The van der Waals surface area contributed by atoms with Gasteiger partial charge in [-0.05, 0) is 56.1 Å². The molecule has 0 unspecified atom stereocenters. The molecule has 0 saturated heterocycles. The SMILES string of the molecule is C1CC2CCC12.Cc1ccccc1O. The number of hydrogen-bond acceptors (Lipinski definition) is 1. The first-order valence-corrected chi connectivity index (χ1v) is 5.52. The van der Waals surface area contributed by atoms with E-state index in [1.54, 1.807) is 31.7 Å². The quantitative estimate of drug-likeness (QED) is 0.663. The third-order valence-electron chi connectivity index (χ3n) is 3.60. The van der Waals surface area contributed by atoms with Crippen LogP contribution in [0.25, 0.3) is 0 Å². The van der Waals surface area contributed by atoms with Crippen molar-refractivity contribution in [2.24, 2.45) is 11.8 Å². The number of phenolic OH excluding ortho intramolecular Hbond substituents is 1. The maximum atomic E-state index is 8.92. The molecule has 2 fully saturated rings. The molecule has 14 heavy (non-hydrogen) atoms. The van der Waals surface area contributed by atoms with Gasteiger partial charge in [0.25, 0.3) is 0 Å². The van der Waals surface area contributed by atoms with E-state index in [2.05, 4.69) is 0 Å². The van der Waals surface area contributed by atoms with Crippen LogP contribution in [0.4, 0.5) is 0 Å². The minimum Gasteiger partial charge on any atom is -0.508 e. The maximum Gasteiger partial charge on any atom is 0.118 e. The maximum absolute atomic E-state index is 8.92. The van der Waals surface area contributed by atoms with E-state index in [-0.39, 0.29) is 0 Å². The second-order valence-corrected chi connectivity index (χ2v) is 4.46. The smallest absolute Gasteiger partial charge is 0.118 e. The van der Waals surface area contributed by atoms with Crippen LogP contribution in [-0.4, -0.2) is 5.11 Å². The topological polar surface area (TPSA) is 20.2 Å². The van der Waals surface area contributed by atoms with Gasteiger partial charge >= 0.3 is 0 Å². The number of rotatable bonds is 0. The number of para-hydroxylation sites is 1. The summed E-state index contributed by atoms with van der Waals surface area (Å²) in [6.07, 6.45) is 6.24. The van der Waals surface area contributed by atoms with Crippen molar-refractivity contribution >= 4 is 0 Å². The highest BCUT2D eigenvalue weighted by molar-refractivity contribution is 5.29. The molecule has 0 bridgehead atoms. The Morgan fingerprint density at radius 3 is 1.71 bits per heavy atom. The second kappa shape index (κ2) is 4.04. The van der Waals surface area contributed by atoms with E-state index in [1.807, 2.05) is 25.1 Å². The van der Waals surface area contributed by atoms with Crippen molar-refractivity contribution in [2.45, 2.75) is 32.6 Å². The van der Waals surface area contributed by atoms with Crippen LogP contribution in [0.15, 0.2) is 24.3 Å². The molecule has 1 aromatic rings. The molecule has 1 nitrogen and oxygen atoms in total. The van der Waals surface area contributed by atoms with Crippen molar-refractivity contribution < 1.29 is 5.11 Å². The van der Waals surface area contributed by atoms with Gasteiger partial charge < -0.3 is 5.11 Å². The van der Waals surface area contributed by atoms with Crippen molar-refractivity contribution in [1.82, 2.24) is 0 Å². The minimum absolute atomic E-state index is 0.368. The van der Waals surface area contributed by atoms with E-state index in [1.165, 1.54) is 11.8 Å². The summed E-state index contributed by atoms with van der Waals surface area (Å²) in [5.74, 6) is 2.79. The highest BCUT2D eigenvalue weighted by Gasteiger charge is 2.37. The lowest BCUT2D eigenvalue weighted by atomic mass is 9.60. The van der Waals surface area contributed by atoms with Crippen molar-refractivity contribution in [3.8, 4) is 5.75 Å². The summed E-state index contributed by atoms with van der Waals surface area (Å²) < 4.78 is 0. The molecule has 1 heteroatoms. The first-order chi connectivity index (χ1) is 6.77. The molecule has 2 aliphatic rings. The van der Waals surface area contributed by atoms with Crippen LogP contribution in [0.3, 0.4) is 0 Å². The van der Waals surface area contributed by atoms with Gasteiger partial charge in [0.1, 0.15) is 5.75 Å². The second-order valence-electron chi connectivity index (χ2n) is 4.46. The lowest BCUT2D eigenvalue weighted by Gasteiger charge is -2.46. The van der Waals surface area contributed by atoms with Crippen LogP contribution in [0.2, 0.25) is 0 Å². The number of benzene rings is 1. The number of hydrogen-bond donors (Lipinski definition) is 1. The summed E-state index contributed by atoms with van der Waals surface area (Å²) in [7, 11) is 0. The fourth-order valence-corrected chi connectivity index (χ4v) is 2.13. The largest absolute Gasteiger partial charge is 0.508 e. The molecule has 0 heterocycles. The fourth-order valence-electron chi connectivity index (χ4n) is 2.13. The number of phenols is 1. The molecule has 0 radical (unpaired) electrons. The van der Waals surface area contributed by atoms with Crippen molar-refractivity contribution in [3.05, 3.63) is 29.8 Å². The molecule has 1 aromatic carbocycles. The van der Waals surface area contributed by atoms with Crippen molar-refractivity contribution in [3.63, 3.8) is 0 Å². The molecule has 0 aliphatic heterocycles. The molecule has 1 N–H and O–H groups in total. The predicted octanol–water partition coefficient (Wildman–Crippen LogP) is 3.51. The molecule has 0 aromatic heterocycles. The lowest BCUT2D eigenvalue weighted by Crippen LogP contribution is -2.34. The highest BCUT2D eigenvalue weighted by atomic mass is 16.3. The molecule has 2 saturated carbocycles. The number of fused-ring (bicyclic) bond motifs is 1. The molecular weight excluding hydrogens is 172 g/mol. The van der Waals surface area contributed by atoms with E-state index >= 15 is 0 Å². The van der Waals surface area contributed by atoms with E-state index in [9.17, 15) is 0 Å². The van der Waals surface area contributed by atoms with Gasteiger partial charge in [-0.25, -0.2) is 0 Å². The minimum atomic E-state index is 0.368. The Balaban J connectivity index is 0.000000110. The number of aryl methyl sites for hydroxylation is 1. The van der Waals surface area contributed by atoms with E-state index in [0.717, 1.165) is 5.56 Å². The van der Waals surface area contributed by atoms with Crippen LogP contribution < -0.4 is 0 Å². The normalized spacial score (nSPS) is 27.5. The summed E-state index contributed by atoms with van der Waals surface area (Å²) in [5.41, 5.74) is 0.924. The Morgan fingerprint density at radius 2 is 1.50 bits per heavy atom. The zero-order valence-electron chi connectivity index (χ0n) is 8.74. The fraction of sp³-hybridized carbons (Fsp3) is 0.538. The van der Waals surface area contributed by atoms with E-state index in [0.29, 0.717) is 5.75 Å². The Morgan fingerprint density at radius 1 is 1.00 bits per heavy atom. The Bertz CT molecular complexity index is 267. The summed E-state index contributed by atoms with van der Waals surface area (Å²) in [6.45, 7) is 1.87. The van der Waals surface area contributed by atoms with Crippen molar-refractivity contribution in [1.29, 1.82) is 0 Å². The first-order valence-electron chi connectivity index (χ1n) is 5.52. The van der Waals surface area contributed by atoms with E-state index in [4.69, 9.17) is 5.11 Å². The van der Waals surface area contributed by atoms with Crippen LogP contribution in [0.5, 0.6) is 5.75 Å². The molecule has 76 valence electrons. The molecule has 0 amide bonds. The summed E-state index contributed by atoms with van der Waals surface area (Å²) in [5, 5.41) is 8.92. The zero-order valence-corrected chi connectivity index (χ0v) is 8.74. The standard InChI is InChI=1S/C7H8O.C6H10/c1-6-4-2-3-5-7(6)8;1-2-6-4-3-5(1)6/h2-5,8H,1H3;5-6H,1-4H2. The van der Waals surface area contributed by atoms with Gasteiger partial charge in [0, 0.05) is 0 Å². The molecule has 0 atom stereocenters. The first kappa shape index (κ1) is 9.57. The Kier molecular flexibility index (Phi) is 2.76. The van der Waals surface area contributed by atoms with Crippen LogP contribution in [-0.2, 0) is 0 Å². The third-order valence-corrected chi connectivity index (χ3v) is 3.60. The van der Waals surface area contributed by atoms with E-state index < -0.39 is 0 Å². The van der Waals surface area contributed by atoms with Crippen molar-refractivity contribution in [2.75, 3.05) is 0 Å². The number of aromatic hydroxyl groups is 1. The van der Waals surface area contributed by atoms with Gasteiger partial charge in [0.2, 0.25) is 0 Å². The predicted molar refractivity (Wildman–Crippen MR) is 58.3 cm³/mol. The average Bonchev–Trinajstić information content (AvgIpc) is 2.17. The Labute approximate surface area is 85.8 Å². The van der Waals surface area contributed by atoms with Crippen LogP contribution in [0, 0.1) is 18.8 Å². The van der Waals surface area contributed by atoms with Gasteiger partial charge in [-0.15, -0.1) is 0 Å². The zero-order chi connectivity index (χ0) is 9.97. The van der Waals surface area contributed by atoms with Crippen LogP contribution in [0.1, 0.15) is 31.2 Å². The Hall–Kier alpha value is -0.980. The monoisotopic (exact) mass is 190 g/mol. The molecule has 2 aliphatic carbocycles. The third kappa shape index (κ3) is 1.92. The molecular formula is C13H18O. The van der Waals surface area contributed by atoms with Crippen LogP contribution >= 0.6 is 0 Å². The van der Waals surface area contributed by atoms with Gasteiger partial charge in [0.15, 0.2) is 0 Å². The summed E-state index contributed by atoms with van der Waals surface area (Å²) in [6, 6.07) is 7.25. The molecule has 0 spiro atoms. The lowest BCUT2D eigenvalue weighted by molar-refractivity contribution is 0.0548. The van der Waals surface area contributed by atoms with Gasteiger partial charge in [-0.2, -0.15) is 0 Å². The highest BCUT2D eigenvalue weighted by Crippen LogP contribution is 2.49. The molecule has 3 rings (SSSR count). The van der Waals surface area contributed by atoms with Gasteiger partial charge in [-0.3, -0.25) is 0 Å². The average molecular weight is 190 g/mol.